The number of hydrogen-bond donors (Lipinski definition) is 1. The van der Waals surface area contributed by atoms with E-state index in [1.807, 2.05) is 24.3 Å². The number of carbonyl (C=O) groups excluding carboxylic acids is 2. The third kappa shape index (κ3) is 5.31. The minimum absolute atomic E-state index is 0.0957. The van der Waals surface area contributed by atoms with Crippen molar-refractivity contribution in [2.75, 3.05) is 28.6 Å². The van der Waals surface area contributed by atoms with E-state index < -0.39 is 15.9 Å². The number of carbonyl (C=O) groups is 2. The zero-order chi connectivity index (χ0) is 21.9. The number of anilines is 2. The van der Waals surface area contributed by atoms with E-state index >= 15 is 0 Å². The second kappa shape index (κ2) is 9.06. The Hall–Kier alpha value is -2.58. The van der Waals surface area contributed by atoms with E-state index in [1.54, 1.807) is 30.0 Å². The summed E-state index contributed by atoms with van der Waals surface area (Å²) >= 11 is 5.96. The van der Waals surface area contributed by atoms with Gasteiger partial charge in [-0.2, -0.15) is 0 Å². The molecule has 0 atom stereocenters. The maximum atomic E-state index is 12.5. The van der Waals surface area contributed by atoms with E-state index in [9.17, 15) is 18.0 Å². The van der Waals surface area contributed by atoms with Crippen LogP contribution < -0.4 is 14.5 Å². The summed E-state index contributed by atoms with van der Waals surface area (Å²) in [6.07, 6.45) is 2.45. The molecular formula is C21H24ClN3O4S. The van der Waals surface area contributed by atoms with Gasteiger partial charge in [0.2, 0.25) is 21.8 Å². The Bertz CT molecular complexity index is 1070. The molecule has 2 amide bonds. The van der Waals surface area contributed by atoms with Gasteiger partial charge in [0.1, 0.15) is 6.54 Å². The number of halogens is 1. The molecule has 0 bridgehead atoms. The molecule has 1 fully saturated rings. The van der Waals surface area contributed by atoms with Crippen LogP contribution in [-0.4, -0.2) is 39.6 Å². The Morgan fingerprint density at radius 2 is 2.00 bits per heavy atom. The van der Waals surface area contributed by atoms with Crippen LogP contribution in [-0.2, 0) is 26.2 Å². The van der Waals surface area contributed by atoms with Crippen LogP contribution in [0, 0.1) is 6.92 Å². The van der Waals surface area contributed by atoms with Crippen LogP contribution in [0.3, 0.4) is 0 Å². The Morgan fingerprint density at radius 3 is 2.63 bits per heavy atom. The van der Waals surface area contributed by atoms with Crippen LogP contribution in [0.15, 0.2) is 42.5 Å². The fourth-order valence-electron chi connectivity index (χ4n) is 3.42. The van der Waals surface area contributed by atoms with Gasteiger partial charge in [-0.15, -0.1) is 0 Å². The normalized spacial score (nSPS) is 14.1. The van der Waals surface area contributed by atoms with Gasteiger partial charge in [0, 0.05) is 30.2 Å². The summed E-state index contributed by atoms with van der Waals surface area (Å²) < 4.78 is 25.6. The number of sulfonamides is 1. The average molecular weight is 450 g/mol. The lowest BCUT2D eigenvalue weighted by Crippen LogP contribution is -2.40. The monoisotopic (exact) mass is 449 g/mol. The first-order chi connectivity index (χ1) is 14.1. The molecular weight excluding hydrogens is 426 g/mol. The van der Waals surface area contributed by atoms with Crippen molar-refractivity contribution in [1.82, 2.24) is 5.32 Å². The second-order valence-electron chi connectivity index (χ2n) is 7.30. The Labute approximate surface area is 181 Å². The van der Waals surface area contributed by atoms with Crippen molar-refractivity contribution in [2.45, 2.75) is 26.3 Å². The van der Waals surface area contributed by atoms with E-state index in [1.165, 1.54) is 0 Å². The first kappa shape index (κ1) is 22.1. The largest absolute Gasteiger partial charge is 0.350 e. The number of rotatable bonds is 7. The lowest BCUT2D eigenvalue weighted by molar-refractivity contribution is -0.120. The molecule has 1 heterocycles. The minimum Gasteiger partial charge on any atom is -0.350 e. The highest BCUT2D eigenvalue weighted by Gasteiger charge is 2.23. The molecule has 0 unspecified atom stereocenters. The van der Waals surface area contributed by atoms with E-state index in [2.05, 4.69) is 5.32 Å². The Balaban J connectivity index is 1.69. The summed E-state index contributed by atoms with van der Waals surface area (Å²) in [5.74, 6) is -0.337. The first-order valence-corrected chi connectivity index (χ1v) is 11.8. The van der Waals surface area contributed by atoms with Crippen molar-refractivity contribution >= 4 is 44.8 Å². The topological polar surface area (TPSA) is 86.8 Å². The number of amides is 2. The molecule has 0 radical (unpaired) electrons. The highest BCUT2D eigenvalue weighted by Crippen LogP contribution is 2.25. The SMILES string of the molecule is Cc1cc(Cl)ccc1N(CC(=O)NCc1cccc(N2CCCC2=O)c1)S(C)(=O)=O. The van der Waals surface area contributed by atoms with Gasteiger partial charge in [-0.3, -0.25) is 13.9 Å². The number of benzene rings is 2. The number of hydrogen-bond acceptors (Lipinski definition) is 4. The maximum absolute atomic E-state index is 12.5. The second-order valence-corrected chi connectivity index (χ2v) is 9.64. The van der Waals surface area contributed by atoms with Crippen molar-refractivity contribution in [3.8, 4) is 0 Å². The molecule has 30 heavy (non-hydrogen) atoms. The van der Waals surface area contributed by atoms with E-state index in [0.29, 0.717) is 29.2 Å². The fraction of sp³-hybridized carbons (Fsp3) is 0.333. The summed E-state index contributed by atoms with van der Waals surface area (Å²) in [4.78, 5) is 26.2. The van der Waals surface area contributed by atoms with Crippen molar-refractivity contribution in [1.29, 1.82) is 0 Å². The molecule has 1 aliphatic heterocycles. The predicted octanol–water partition coefficient (Wildman–Crippen LogP) is 2.86. The molecule has 9 heteroatoms. The third-order valence-electron chi connectivity index (χ3n) is 4.90. The van der Waals surface area contributed by atoms with Gasteiger partial charge >= 0.3 is 0 Å². The molecule has 0 aromatic heterocycles. The van der Waals surface area contributed by atoms with Gasteiger partial charge in [0.15, 0.2) is 0 Å². The molecule has 0 saturated carbocycles. The average Bonchev–Trinajstić information content (AvgIpc) is 3.10. The summed E-state index contributed by atoms with van der Waals surface area (Å²) in [7, 11) is -3.67. The molecule has 1 N–H and O–H groups in total. The van der Waals surface area contributed by atoms with E-state index in [0.717, 1.165) is 28.2 Å². The highest BCUT2D eigenvalue weighted by atomic mass is 35.5. The van der Waals surface area contributed by atoms with Crippen LogP contribution in [0.1, 0.15) is 24.0 Å². The first-order valence-electron chi connectivity index (χ1n) is 9.55. The molecule has 2 aromatic carbocycles. The minimum atomic E-state index is -3.67. The van der Waals surface area contributed by atoms with E-state index in [-0.39, 0.29) is 19.0 Å². The van der Waals surface area contributed by atoms with E-state index in [4.69, 9.17) is 11.6 Å². The Morgan fingerprint density at radius 1 is 1.23 bits per heavy atom. The van der Waals surface area contributed by atoms with Gasteiger partial charge in [-0.05, 0) is 54.8 Å². The van der Waals surface area contributed by atoms with Gasteiger partial charge in [-0.1, -0.05) is 23.7 Å². The van der Waals surface area contributed by atoms with Gasteiger partial charge in [-0.25, -0.2) is 8.42 Å². The molecule has 1 saturated heterocycles. The van der Waals surface area contributed by atoms with Crippen LogP contribution in [0.5, 0.6) is 0 Å². The molecule has 1 aliphatic rings. The van der Waals surface area contributed by atoms with Gasteiger partial charge < -0.3 is 10.2 Å². The standard InChI is InChI=1S/C21H24ClN3O4S/c1-15-11-17(22)8-9-19(15)25(30(2,28)29)14-20(26)23-13-16-5-3-6-18(12-16)24-10-4-7-21(24)27/h3,5-6,8-9,11-12H,4,7,10,13-14H2,1-2H3,(H,23,26). The molecule has 0 spiro atoms. The third-order valence-corrected chi connectivity index (χ3v) is 6.26. The quantitative estimate of drug-likeness (QED) is 0.704. The molecule has 160 valence electrons. The lowest BCUT2D eigenvalue weighted by atomic mass is 10.2. The number of aryl methyl sites for hydroxylation is 1. The maximum Gasteiger partial charge on any atom is 0.241 e. The molecule has 3 rings (SSSR count). The summed E-state index contributed by atoms with van der Waals surface area (Å²) in [5.41, 5.74) is 2.70. The van der Waals surface area contributed by atoms with Gasteiger partial charge in [0.05, 0.1) is 11.9 Å². The van der Waals surface area contributed by atoms with Crippen LogP contribution in [0.25, 0.3) is 0 Å². The van der Waals surface area contributed by atoms with Crippen LogP contribution >= 0.6 is 11.6 Å². The van der Waals surface area contributed by atoms with Crippen LogP contribution in [0.2, 0.25) is 5.02 Å². The van der Waals surface area contributed by atoms with Crippen molar-refractivity contribution < 1.29 is 18.0 Å². The van der Waals surface area contributed by atoms with Crippen molar-refractivity contribution in [3.63, 3.8) is 0 Å². The molecule has 7 nitrogen and oxygen atoms in total. The smallest absolute Gasteiger partial charge is 0.241 e. The number of nitrogens with zero attached hydrogens (tertiary/aromatic N) is 2. The highest BCUT2D eigenvalue weighted by molar-refractivity contribution is 7.92. The molecule has 0 aliphatic carbocycles. The van der Waals surface area contributed by atoms with Crippen molar-refractivity contribution in [3.05, 3.63) is 58.6 Å². The lowest BCUT2D eigenvalue weighted by Gasteiger charge is -2.24. The van der Waals surface area contributed by atoms with Crippen molar-refractivity contribution in [2.24, 2.45) is 0 Å². The summed E-state index contributed by atoms with van der Waals surface area (Å²) in [5, 5.41) is 3.25. The fourth-order valence-corrected chi connectivity index (χ4v) is 4.56. The van der Waals surface area contributed by atoms with Gasteiger partial charge in [0.25, 0.3) is 0 Å². The zero-order valence-corrected chi connectivity index (χ0v) is 18.5. The Kier molecular flexibility index (Phi) is 6.67. The summed E-state index contributed by atoms with van der Waals surface area (Å²) in [6, 6.07) is 12.2. The predicted molar refractivity (Wildman–Crippen MR) is 118 cm³/mol. The van der Waals surface area contributed by atoms with Crippen LogP contribution in [0.4, 0.5) is 11.4 Å². The molecule has 2 aromatic rings. The zero-order valence-electron chi connectivity index (χ0n) is 16.9. The summed E-state index contributed by atoms with van der Waals surface area (Å²) in [6.45, 7) is 2.32. The number of nitrogens with one attached hydrogen (secondary N) is 1.